The van der Waals surface area contributed by atoms with Crippen LogP contribution in [0.15, 0.2) is 59.3 Å². The Hall–Kier alpha value is -3.95. The highest BCUT2D eigenvalue weighted by Crippen LogP contribution is 2.60. The number of ether oxygens (including phenoxy) is 2. The number of aromatic nitrogens is 2. The summed E-state index contributed by atoms with van der Waals surface area (Å²) in [5.41, 5.74) is 1.56. The molecule has 3 atom stereocenters. The predicted octanol–water partition coefficient (Wildman–Crippen LogP) is 4.66. The van der Waals surface area contributed by atoms with Gasteiger partial charge in [-0.05, 0) is 23.8 Å². The van der Waals surface area contributed by atoms with Crippen molar-refractivity contribution in [3.63, 3.8) is 0 Å². The number of thioether (sulfide) groups is 1. The molecular weight excluding hydrogens is 640 g/mol. The third-order valence-corrected chi connectivity index (χ3v) is 10.8. The highest BCUT2D eigenvalue weighted by Gasteiger charge is 2.70. The molecule has 0 spiro atoms. The molecule has 2 aliphatic heterocycles. The van der Waals surface area contributed by atoms with Crippen molar-refractivity contribution in [2.24, 2.45) is 0 Å². The molecule has 0 bridgehead atoms. The predicted molar refractivity (Wildman–Crippen MR) is 153 cm³/mol. The van der Waals surface area contributed by atoms with E-state index in [2.05, 4.69) is 20.9 Å². The van der Waals surface area contributed by atoms with Gasteiger partial charge in [-0.15, -0.1) is 11.8 Å². The third kappa shape index (κ3) is 4.26. The van der Waals surface area contributed by atoms with Gasteiger partial charge in [-0.1, -0.05) is 39.4 Å². The molecule has 4 aromatic rings. The lowest BCUT2D eigenvalue weighted by atomic mass is 9.88. The average Bonchev–Trinajstić information content (AvgIpc) is 3.61. The maximum absolute atomic E-state index is 13.7. The second-order valence-corrected chi connectivity index (χ2v) is 12.8. The summed E-state index contributed by atoms with van der Waals surface area (Å²) in [5, 5.41) is 20.3. The Balaban J connectivity index is 1.35. The number of amides is 1. The standard InChI is InChI=1S/C26H19BrN4O8S2/c1-12(32)39-21(16-11-29-17-8-7-15(38-2)10-18(17)41-25(29)28-16)26(27)23(35)30-20(22(33)34)19(40-24(26)30)9-13-3-5-14(6-4-13)31(36)37/h3-8,10-11,21,24H,9H2,1-2H3,(H,33,34). The fourth-order valence-corrected chi connectivity index (χ4v) is 8.56. The number of hydrogen-bond donors (Lipinski definition) is 1. The van der Waals surface area contributed by atoms with Crippen LogP contribution in [0.3, 0.4) is 0 Å². The summed E-state index contributed by atoms with van der Waals surface area (Å²) >= 11 is 6.12. The van der Waals surface area contributed by atoms with Gasteiger partial charge >= 0.3 is 11.9 Å². The Bertz CT molecular complexity index is 1820. The number of nitrogens with zero attached hydrogens (tertiary/aromatic N) is 4. The Labute approximate surface area is 247 Å². The van der Waals surface area contributed by atoms with Crippen LogP contribution < -0.4 is 4.74 Å². The van der Waals surface area contributed by atoms with Crippen molar-refractivity contribution in [3.05, 3.63) is 80.6 Å². The molecule has 4 heterocycles. The van der Waals surface area contributed by atoms with Crippen molar-refractivity contribution in [1.29, 1.82) is 0 Å². The van der Waals surface area contributed by atoms with Crippen molar-refractivity contribution < 1.29 is 33.9 Å². The molecule has 1 fully saturated rings. The van der Waals surface area contributed by atoms with E-state index >= 15 is 0 Å². The van der Waals surface area contributed by atoms with Crippen LogP contribution in [-0.4, -0.2) is 59.0 Å². The zero-order valence-corrected chi connectivity index (χ0v) is 24.5. The maximum Gasteiger partial charge on any atom is 0.353 e. The SMILES string of the molecule is COc1ccc2c(c1)sc1nc(C(OC(C)=O)C3(Br)C(=O)N4C(C(=O)O)=C(Cc5ccc([N+](=O)[O-])cc5)SC43)cn12. The zero-order chi connectivity index (χ0) is 29.2. The highest BCUT2D eigenvalue weighted by molar-refractivity contribution is 9.10. The quantitative estimate of drug-likeness (QED) is 0.0929. The molecule has 2 aliphatic rings. The molecule has 1 saturated heterocycles. The average molecular weight is 659 g/mol. The lowest BCUT2D eigenvalue weighted by molar-refractivity contribution is -0.384. The lowest BCUT2D eigenvalue weighted by Gasteiger charge is -2.51. The molecule has 3 unspecified atom stereocenters. The first-order chi connectivity index (χ1) is 19.5. The van der Waals surface area contributed by atoms with Crippen LogP contribution in [0.1, 0.15) is 24.3 Å². The number of thiazole rings is 1. The molecule has 0 saturated carbocycles. The number of β-lactam (4-membered cyclic amide) rings is 1. The first kappa shape index (κ1) is 27.2. The number of esters is 1. The fraction of sp³-hybridized carbons (Fsp3) is 0.231. The second-order valence-electron chi connectivity index (χ2n) is 9.33. The minimum atomic E-state index is -1.50. The third-order valence-electron chi connectivity index (χ3n) is 6.87. The number of nitro groups is 1. The summed E-state index contributed by atoms with van der Waals surface area (Å²) in [6.45, 7) is 1.23. The number of carboxylic acids is 1. The van der Waals surface area contributed by atoms with Gasteiger partial charge in [-0.3, -0.25) is 29.0 Å². The lowest BCUT2D eigenvalue weighted by Crippen LogP contribution is -2.70. The minimum Gasteiger partial charge on any atom is -0.497 e. The molecule has 2 aromatic heterocycles. The van der Waals surface area contributed by atoms with E-state index in [0.29, 0.717) is 26.9 Å². The summed E-state index contributed by atoms with van der Waals surface area (Å²) in [6.07, 6.45) is 0.688. The van der Waals surface area contributed by atoms with Gasteiger partial charge in [0.15, 0.2) is 15.4 Å². The number of carbonyl (C=O) groups is 3. The van der Waals surface area contributed by atoms with Gasteiger partial charge in [0.1, 0.15) is 22.5 Å². The number of halogens is 1. The summed E-state index contributed by atoms with van der Waals surface area (Å²) < 4.78 is 12.3. The van der Waals surface area contributed by atoms with Gasteiger partial charge in [-0.25, -0.2) is 9.78 Å². The number of hydrogen-bond acceptors (Lipinski definition) is 10. The van der Waals surface area contributed by atoms with E-state index in [4.69, 9.17) is 9.47 Å². The summed E-state index contributed by atoms with van der Waals surface area (Å²) in [4.78, 5) is 55.6. The van der Waals surface area contributed by atoms with Gasteiger partial charge < -0.3 is 14.6 Å². The molecule has 2 aromatic carbocycles. The van der Waals surface area contributed by atoms with Gasteiger partial charge in [0.05, 0.1) is 22.2 Å². The zero-order valence-electron chi connectivity index (χ0n) is 21.3. The number of carboxylic acid groups (broad SMARTS) is 1. The normalized spacial score (nSPS) is 20.7. The molecule has 1 N–H and O–H groups in total. The van der Waals surface area contributed by atoms with Crippen LogP contribution >= 0.6 is 39.0 Å². The largest absolute Gasteiger partial charge is 0.497 e. The number of methoxy groups -OCH3 is 1. The van der Waals surface area contributed by atoms with E-state index in [-0.39, 0.29) is 17.8 Å². The van der Waals surface area contributed by atoms with E-state index in [1.165, 1.54) is 35.3 Å². The molecule has 6 rings (SSSR count). The van der Waals surface area contributed by atoms with Crippen molar-refractivity contribution in [1.82, 2.24) is 14.3 Å². The van der Waals surface area contributed by atoms with E-state index in [0.717, 1.165) is 22.0 Å². The summed E-state index contributed by atoms with van der Waals surface area (Å²) in [5.74, 6) is -1.80. The number of benzene rings is 2. The van der Waals surface area contributed by atoms with Crippen LogP contribution in [0, 0.1) is 10.1 Å². The molecule has 0 radical (unpaired) electrons. The Morgan fingerprint density at radius 3 is 2.63 bits per heavy atom. The van der Waals surface area contributed by atoms with E-state index < -0.39 is 38.6 Å². The summed E-state index contributed by atoms with van der Waals surface area (Å²) in [6, 6.07) is 11.4. The second kappa shape index (κ2) is 9.85. The van der Waals surface area contributed by atoms with Crippen LogP contribution in [0.5, 0.6) is 5.75 Å². The van der Waals surface area contributed by atoms with Gasteiger partial charge in [0.2, 0.25) is 0 Å². The molecule has 41 heavy (non-hydrogen) atoms. The number of alkyl halides is 1. The fourth-order valence-electron chi connectivity index (χ4n) is 4.99. The highest BCUT2D eigenvalue weighted by atomic mass is 79.9. The van der Waals surface area contributed by atoms with Crippen LogP contribution in [-0.2, 0) is 25.5 Å². The van der Waals surface area contributed by atoms with Gasteiger partial charge in [0, 0.05) is 36.6 Å². The molecule has 0 aliphatic carbocycles. The number of aliphatic carboxylic acids is 1. The molecule has 15 heteroatoms. The van der Waals surface area contributed by atoms with Crippen LogP contribution in [0.25, 0.3) is 15.2 Å². The number of fused-ring (bicyclic) bond motifs is 4. The number of rotatable bonds is 8. The Morgan fingerprint density at radius 2 is 2.00 bits per heavy atom. The molecule has 210 valence electrons. The summed E-state index contributed by atoms with van der Waals surface area (Å²) in [7, 11) is 1.58. The van der Waals surface area contributed by atoms with Gasteiger partial charge in [0.25, 0.3) is 11.6 Å². The number of allylic oxidation sites excluding steroid dienone is 1. The topological polar surface area (TPSA) is 154 Å². The smallest absolute Gasteiger partial charge is 0.353 e. The van der Waals surface area contributed by atoms with Crippen LogP contribution in [0.4, 0.5) is 5.69 Å². The van der Waals surface area contributed by atoms with E-state index in [1.807, 2.05) is 22.6 Å². The number of nitro benzene ring substituents is 1. The minimum absolute atomic E-state index is 0.0881. The van der Waals surface area contributed by atoms with Gasteiger partial charge in [-0.2, -0.15) is 0 Å². The number of imidazole rings is 1. The van der Waals surface area contributed by atoms with Crippen molar-refractivity contribution >= 4 is 77.7 Å². The number of non-ortho nitro benzene ring substituents is 1. The maximum atomic E-state index is 13.7. The van der Waals surface area contributed by atoms with Crippen molar-refractivity contribution in [2.45, 2.75) is 29.1 Å². The number of carbonyl (C=O) groups excluding carboxylic acids is 2. The monoisotopic (exact) mass is 658 g/mol. The van der Waals surface area contributed by atoms with Crippen molar-refractivity contribution in [3.8, 4) is 5.75 Å². The Kier molecular flexibility index (Phi) is 6.54. The molecule has 12 nitrogen and oxygen atoms in total. The Morgan fingerprint density at radius 1 is 1.27 bits per heavy atom. The van der Waals surface area contributed by atoms with E-state index in [9.17, 15) is 29.6 Å². The first-order valence-electron chi connectivity index (χ1n) is 12.0. The first-order valence-corrected chi connectivity index (χ1v) is 14.5. The van der Waals surface area contributed by atoms with Crippen LogP contribution in [0.2, 0.25) is 0 Å². The van der Waals surface area contributed by atoms with Crippen molar-refractivity contribution in [2.75, 3.05) is 7.11 Å². The molecule has 1 amide bonds. The van der Waals surface area contributed by atoms with E-state index in [1.54, 1.807) is 25.4 Å². The molecular formula is C26H19BrN4O8S2.